The molecule has 3 nitrogen and oxygen atoms in total. The molecule has 78 valence electrons. The second kappa shape index (κ2) is 6.35. The Balaban J connectivity index is 1.74. The number of hydrogen-bond acceptors (Lipinski definition) is 3. The summed E-state index contributed by atoms with van der Waals surface area (Å²) in [5.41, 5.74) is 5.67. The minimum absolute atomic E-state index is 0.338. The Morgan fingerprint density at radius 3 is 2.46 bits per heavy atom. The second-order valence-electron chi connectivity index (χ2n) is 4.02. The van der Waals surface area contributed by atoms with E-state index >= 15 is 0 Å². The monoisotopic (exact) mass is 186 g/mol. The smallest absolute Gasteiger partial charge is 0.0431 e. The molecule has 4 N–H and O–H groups in total. The van der Waals surface area contributed by atoms with Crippen molar-refractivity contribution in [2.45, 2.75) is 50.6 Å². The van der Waals surface area contributed by atoms with E-state index in [0.717, 1.165) is 32.2 Å². The fourth-order valence-corrected chi connectivity index (χ4v) is 1.73. The van der Waals surface area contributed by atoms with E-state index in [1.54, 1.807) is 0 Å². The van der Waals surface area contributed by atoms with E-state index in [1.165, 1.54) is 12.8 Å². The average Bonchev–Trinajstić information content (AvgIpc) is 2.07. The topological polar surface area (TPSA) is 58.3 Å². The largest absolute Gasteiger partial charge is 0.396 e. The molecule has 1 aliphatic rings. The molecule has 0 aromatic heterocycles. The minimum Gasteiger partial charge on any atom is -0.396 e. The van der Waals surface area contributed by atoms with Crippen LogP contribution in [-0.4, -0.2) is 30.3 Å². The number of rotatable bonds is 7. The Morgan fingerprint density at radius 1 is 1.15 bits per heavy atom. The highest BCUT2D eigenvalue weighted by Crippen LogP contribution is 2.17. The molecule has 1 fully saturated rings. The predicted molar refractivity (Wildman–Crippen MR) is 54.6 cm³/mol. The molecule has 0 radical (unpaired) electrons. The molecule has 1 aliphatic carbocycles. The third-order valence-corrected chi connectivity index (χ3v) is 2.69. The molecule has 0 atom stereocenters. The Morgan fingerprint density at radius 2 is 1.85 bits per heavy atom. The Bertz CT molecular complexity index is 124. The maximum Gasteiger partial charge on any atom is 0.0431 e. The summed E-state index contributed by atoms with van der Waals surface area (Å²) < 4.78 is 0. The SMILES string of the molecule is NC1CC(NCCCCCCO)C1. The molecule has 13 heavy (non-hydrogen) atoms. The van der Waals surface area contributed by atoms with E-state index in [-0.39, 0.29) is 0 Å². The molecule has 0 unspecified atom stereocenters. The van der Waals surface area contributed by atoms with Crippen molar-refractivity contribution in [1.29, 1.82) is 0 Å². The summed E-state index contributed by atoms with van der Waals surface area (Å²) in [6, 6.07) is 1.14. The van der Waals surface area contributed by atoms with Crippen molar-refractivity contribution in [3.63, 3.8) is 0 Å². The molecule has 0 aromatic rings. The molecule has 0 spiro atoms. The van der Waals surface area contributed by atoms with Gasteiger partial charge in [-0.15, -0.1) is 0 Å². The first-order valence-electron chi connectivity index (χ1n) is 5.42. The molecule has 3 heteroatoms. The minimum atomic E-state index is 0.338. The summed E-state index contributed by atoms with van der Waals surface area (Å²) >= 11 is 0. The van der Waals surface area contributed by atoms with Crippen LogP contribution in [0.1, 0.15) is 38.5 Å². The summed E-state index contributed by atoms with van der Waals surface area (Å²) in [5.74, 6) is 0. The molecule has 0 heterocycles. The summed E-state index contributed by atoms with van der Waals surface area (Å²) in [6.07, 6.45) is 6.86. The van der Waals surface area contributed by atoms with Crippen molar-refractivity contribution in [3.05, 3.63) is 0 Å². The zero-order valence-electron chi connectivity index (χ0n) is 8.34. The normalized spacial score (nSPS) is 27.2. The van der Waals surface area contributed by atoms with Crippen molar-refractivity contribution in [1.82, 2.24) is 5.32 Å². The van der Waals surface area contributed by atoms with Gasteiger partial charge in [0.1, 0.15) is 0 Å². The van der Waals surface area contributed by atoms with Crippen LogP contribution in [0.5, 0.6) is 0 Å². The first kappa shape index (κ1) is 11.0. The summed E-state index contributed by atoms with van der Waals surface area (Å²) in [7, 11) is 0. The first-order chi connectivity index (χ1) is 6.33. The van der Waals surface area contributed by atoms with Gasteiger partial charge in [0.05, 0.1) is 0 Å². The van der Waals surface area contributed by atoms with Crippen LogP contribution in [0.4, 0.5) is 0 Å². The maximum absolute atomic E-state index is 8.56. The van der Waals surface area contributed by atoms with E-state index in [0.29, 0.717) is 18.7 Å². The van der Waals surface area contributed by atoms with Crippen LogP contribution in [0.3, 0.4) is 0 Å². The number of unbranched alkanes of at least 4 members (excludes halogenated alkanes) is 3. The van der Waals surface area contributed by atoms with Gasteiger partial charge in [-0.25, -0.2) is 0 Å². The number of aliphatic hydroxyl groups excluding tert-OH is 1. The number of nitrogens with two attached hydrogens (primary N) is 1. The van der Waals surface area contributed by atoms with Gasteiger partial charge in [-0.1, -0.05) is 12.8 Å². The van der Waals surface area contributed by atoms with Gasteiger partial charge in [0.15, 0.2) is 0 Å². The van der Waals surface area contributed by atoms with Crippen LogP contribution in [0.25, 0.3) is 0 Å². The Kier molecular flexibility index (Phi) is 5.35. The molecule has 0 bridgehead atoms. The summed E-state index contributed by atoms with van der Waals surface area (Å²) in [5, 5.41) is 12.0. The summed E-state index contributed by atoms with van der Waals surface area (Å²) in [4.78, 5) is 0. The fraction of sp³-hybridized carbons (Fsp3) is 1.00. The van der Waals surface area contributed by atoms with Crippen molar-refractivity contribution < 1.29 is 5.11 Å². The standard InChI is InChI=1S/C10H22N2O/c11-9-7-10(8-9)12-5-3-1-2-4-6-13/h9-10,12-13H,1-8,11H2. The third-order valence-electron chi connectivity index (χ3n) is 2.69. The van der Waals surface area contributed by atoms with E-state index in [9.17, 15) is 0 Å². The van der Waals surface area contributed by atoms with Crippen LogP contribution >= 0.6 is 0 Å². The van der Waals surface area contributed by atoms with Crippen LogP contribution < -0.4 is 11.1 Å². The van der Waals surface area contributed by atoms with Crippen molar-refractivity contribution in [2.24, 2.45) is 5.73 Å². The molecular formula is C10H22N2O. The van der Waals surface area contributed by atoms with Gasteiger partial charge < -0.3 is 16.2 Å². The van der Waals surface area contributed by atoms with Gasteiger partial charge in [0.25, 0.3) is 0 Å². The van der Waals surface area contributed by atoms with Gasteiger partial charge in [-0.2, -0.15) is 0 Å². The van der Waals surface area contributed by atoms with Crippen molar-refractivity contribution >= 4 is 0 Å². The zero-order valence-corrected chi connectivity index (χ0v) is 8.34. The molecule has 0 aromatic carbocycles. The number of aliphatic hydroxyl groups is 1. The molecule has 1 rings (SSSR count). The fourth-order valence-electron chi connectivity index (χ4n) is 1.73. The Hall–Kier alpha value is -0.120. The quantitative estimate of drug-likeness (QED) is 0.511. The van der Waals surface area contributed by atoms with Gasteiger partial charge in [0, 0.05) is 18.7 Å². The molecule has 0 aliphatic heterocycles. The van der Waals surface area contributed by atoms with Gasteiger partial charge in [-0.05, 0) is 32.2 Å². The number of hydrogen-bond donors (Lipinski definition) is 3. The molecule has 1 saturated carbocycles. The highest BCUT2D eigenvalue weighted by Gasteiger charge is 2.24. The van der Waals surface area contributed by atoms with Crippen molar-refractivity contribution in [2.75, 3.05) is 13.2 Å². The summed E-state index contributed by atoms with van der Waals surface area (Å²) in [6.45, 7) is 1.45. The lowest BCUT2D eigenvalue weighted by molar-refractivity contribution is 0.277. The predicted octanol–water partition coefficient (Wildman–Crippen LogP) is 0.618. The van der Waals surface area contributed by atoms with E-state index in [4.69, 9.17) is 10.8 Å². The highest BCUT2D eigenvalue weighted by atomic mass is 16.2. The Labute approximate surface area is 80.7 Å². The first-order valence-corrected chi connectivity index (χ1v) is 5.42. The van der Waals surface area contributed by atoms with E-state index in [2.05, 4.69) is 5.32 Å². The lowest BCUT2D eigenvalue weighted by Gasteiger charge is -2.33. The van der Waals surface area contributed by atoms with Crippen LogP contribution in [0.2, 0.25) is 0 Å². The van der Waals surface area contributed by atoms with Crippen LogP contribution in [-0.2, 0) is 0 Å². The molecule has 0 saturated heterocycles. The molecule has 0 amide bonds. The van der Waals surface area contributed by atoms with Crippen LogP contribution in [0, 0.1) is 0 Å². The van der Waals surface area contributed by atoms with Gasteiger partial charge >= 0.3 is 0 Å². The van der Waals surface area contributed by atoms with E-state index < -0.39 is 0 Å². The van der Waals surface area contributed by atoms with Crippen molar-refractivity contribution in [3.8, 4) is 0 Å². The van der Waals surface area contributed by atoms with Gasteiger partial charge in [0.2, 0.25) is 0 Å². The zero-order chi connectivity index (χ0) is 9.52. The highest BCUT2D eigenvalue weighted by molar-refractivity contribution is 4.87. The van der Waals surface area contributed by atoms with Crippen LogP contribution in [0.15, 0.2) is 0 Å². The van der Waals surface area contributed by atoms with E-state index in [1.807, 2.05) is 0 Å². The third kappa shape index (κ3) is 4.60. The maximum atomic E-state index is 8.56. The second-order valence-corrected chi connectivity index (χ2v) is 4.02. The lowest BCUT2D eigenvalue weighted by atomic mass is 9.87. The van der Waals surface area contributed by atoms with Gasteiger partial charge in [-0.3, -0.25) is 0 Å². The average molecular weight is 186 g/mol. The number of nitrogens with one attached hydrogen (secondary N) is 1. The molecular weight excluding hydrogens is 164 g/mol. The lowest BCUT2D eigenvalue weighted by Crippen LogP contribution is -2.48.